The molecule has 0 N–H and O–H groups in total. The molecule has 2 aliphatic rings. The van der Waals surface area contributed by atoms with Crippen molar-refractivity contribution in [1.29, 1.82) is 0 Å². The molecule has 1 saturated heterocycles. The van der Waals surface area contributed by atoms with E-state index in [0.717, 1.165) is 57.0 Å². The maximum atomic E-state index is 12.4. The number of allylic oxidation sites excluding steroid dienone is 2. The Bertz CT molecular complexity index is 433. The van der Waals surface area contributed by atoms with Gasteiger partial charge in [0.25, 0.3) is 0 Å². The molecule has 0 bridgehead atoms. The Kier molecular flexibility index (Phi) is 6.04. The predicted molar refractivity (Wildman–Crippen MR) is 88.7 cm³/mol. The number of likely N-dealkylation sites (tertiary alicyclic amines) is 1. The van der Waals surface area contributed by atoms with Crippen LogP contribution >= 0.6 is 0 Å². The van der Waals surface area contributed by atoms with Crippen molar-refractivity contribution in [3.05, 3.63) is 12.2 Å². The van der Waals surface area contributed by atoms with E-state index >= 15 is 0 Å². The van der Waals surface area contributed by atoms with Crippen LogP contribution in [0.5, 0.6) is 0 Å². The van der Waals surface area contributed by atoms with Crippen LogP contribution in [0.3, 0.4) is 0 Å². The van der Waals surface area contributed by atoms with Crippen molar-refractivity contribution in [1.82, 2.24) is 9.80 Å². The lowest BCUT2D eigenvalue weighted by Crippen LogP contribution is -2.46. The minimum absolute atomic E-state index is 0.0139. The standard InChI is InChI=1S/C18H30N2O2/c1-14-13-16(14)9-6-4-5-7-11-19(3)18(22)20-12-8-10-17(20)15(2)21/h6,9,14,16-17H,4-5,7-8,10-13H2,1-3H3/b9-6-. The molecule has 0 radical (unpaired) electrons. The number of carbonyl (C=O) groups excluding carboxylic acids is 2. The molecule has 124 valence electrons. The Balaban J connectivity index is 1.63. The van der Waals surface area contributed by atoms with Crippen molar-refractivity contribution in [3.63, 3.8) is 0 Å². The number of unbranched alkanes of at least 4 members (excludes halogenated alkanes) is 2. The lowest BCUT2D eigenvalue weighted by molar-refractivity contribution is -0.120. The predicted octanol–water partition coefficient (Wildman–Crippen LogP) is 3.47. The van der Waals surface area contributed by atoms with Gasteiger partial charge in [0, 0.05) is 20.1 Å². The summed E-state index contributed by atoms with van der Waals surface area (Å²) in [5.74, 6) is 1.82. The molecule has 4 heteroatoms. The summed E-state index contributed by atoms with van der Waals surface area (Å²) >= 11 is 0. The number of amides is 2. The first-order chi connectivity index (χ1) is 10.5. The van der Waals surface area contributed by atoms with Crippen molar-refractivity contribution >= 4 is 11.8 Å². The van der Waals surface area contributed by atoms with E-state index in [1.165, 1.54) is 6.42 Å². The first-order valence-corrected chi connectivity index (χ1v) is 8.69. The largest absolute Gasteiger partial charge is 0.328 e. The van der Waals surface area contributed by atoms with Crippen molar-refractivity contribution < 1.29 is 9.59 Å². The molecular formula is C18H30N2O2. The zero-order chi connectivity index (χ0) is 16.1. The number of nitrogens with zero attached hydrogens (tertiary/aromatic N) is 2. The molecule has 0 spiro atoms. The number of hydrogen-bond donors (Lipinski definition) is 0. The van der Waals surface area contributed by atoms with Gasteiger partial charge < -0.3 is 9.80 Å². The van der Waals surface area contributed by atoms with Crippen LogP contribution in [-0.2, 0) is 4.79 Å². The molecule has 3 unspecified atom stereocenters. The van der Waals surface area contributed by atoms with Crippen molar-refractivity contribution in [2.75, 3.05) is 20.1 Å². The molecule has 0 aromatic carbocycles. The molecule has 1 aliphatic heterocycles. The van der Waals surface area contributed by atoms with E-state index in [4.69, 9.17) is 0 Å². The zero-order valence-corrected chi connectivity index (χ0v) is 14.3. The van der Waals surface area contributed by atoms with Crippen LogP contribution in [0.1, 0.15) is 52.4 Å². The average Bonchev–Trinajstić information content (AvgIpc) is 3.00. The summed E-state index contributed by atoms with van der Waals surface area (Å²) in [7, 11) is 1.85. The molecule has 4 nitrogen and oxygen atoms in total. The quantitative estimate of drug-likeness (QED) is 0.534. The Morgan fingerprint density at radius 2 is 2.05 bits per heavy atom. The third-order valence-electron chi connectivity index (χ3n) is 4.96. The number of urea groups is 1. The fourth-order valence-electron chi connectivity index (χ4n) is 3.23. The van der Waals surface area contributed by atoms with Crippen LogP contribution in [0.2, 0.25) is 0 Å². The molecule has 0 aromatic heterocycles. The van der Waals surface area contributed by atoms with E-state index in [2.05, 4.69) is 19.1 Å². The monoisotopic (exact) mass is 306 g/mol. The Labute approximate surface area is 134 Å². The van der Waals surface area contributed by atoms with Gasteiger partial charge in [-0.25, -0.2) is 4.79 Å². The highest BCUT2D eigenvalue weighted by atomic mass is 16.2. The summed E-state index contributed by atoms with van der Waals surface area (Å²) < 4.78 is 0. The first kappa shape index (κ1) is 17.0. The number of Topliss-reactive ketones (excluding diaryl/α,β-unsaturated/α-hetero) is 1. The maximum absolute atomic E-state index is 12.4. The summed E-state index contributed by atoms with van der Waals surface area (Å²) in [5, 5.41) is 0. The van der Waals surface area contributed by atoms with Crippen LogP contribution in [0.25, 0.3) is 0 Å². The van der Waals surface area contributed by atoms with Crippen LogP contribution in [0.15, 0.2) is 12.2 Å². The second-order valence-electron chi connectivity index (χ2n) is 6.97. The summed E-state index contributed by atoms with van der Waals surface area (Å²) in [6.45, 7) is 5.37. The highest BCUT2D eigenvalue weighted by Gasteiger charge is 2.33. The molecule has 2 fully saturated rings. The van der Waals surface area contributed by atoms with Gasteiger partial charge in [0.1, 0.15) is 0 Å². The number of hydrogen-bond acceptors (Lipinski definition) is 2. The second-order valence-corrected chi connectivity index (χ2v) is 6.97. The first-order valence-electron chi connectivity index (χ1n) is 8.69. The van der Waals surface area contributed by atoms with Gasteiger partial charge in [-0.3, -0.25) is 4.79 Å². The van der Waals surface area contributed by atoms with E-state index in [9.17, 15) is 9.59 Å². The van der Waals surface area contributed by atoms with Crippen molar-refractivity contribution in [3.8, 4) is 0 Å². The van der Waals surface area contributed by atoms with E-state index in [1.54, 1.807) is 16.7 Å². The minimum atomic E-state index is -0.196. The third-order valence-corrected chi connectivity index (χ3v) is 4.96. The van der Waals surface area contributed by atoms with Gasteiger partial charge in [-0.1, -0.05) is 19.1 Å². The van der Waals surface area contributed by atoms with Crippen LogP contribution in [0, 0.1) is 11.8 Å². The third kappa shape index (κ3) is 4.59. The molecular weight excluding hydrogens is 276 g/mol. The molecule has 1 heterocycles. The van der Waals surface area contributed by atoms with E-state index in [1.807, 2.05) is 7.05 Å². The summed E-state index contributed by atoms with van der Waals surface area (Å²) in [5.41, 5.74) is 0. The lowest BCUT2D eigenvalue weighted by Gasteiger charge is -2.28. The summed E-state index contributed by atoms with van der Waals surface area (Å²) in [6.07, 6.45) is 11.0. The maximum Gasteiger partial charge on any atom is 0.320 e. The smallest absolute Gasteiger partial charge is 0.320 e. The highest BCUT2D eigenvalue weighted by Crippen LogP contribution is 2.38. The van der Waals surface area contributed by atoms with Gasteiger partial charge in [-0.05, 0) is 57.3 Å². The van der Waals surface area contributed by atoms with Gasteiger partial charge in [-0.2, -0.15) is 0 Å². The Hall–Kier alpha value is -1.32. The zero-order valence-electron chi connectivity index (χ0n) is 14.3. The summed E-state index contributed by atoms with van der Waals surface area (Å²) in [6, 6.07) is -0.182. The molecule has 1 aliphatic carbocycles. The molecule has 22 heavy (non-hydrogen) atoms. The minimum Gasteiger partial charge on any atom is -0.328 e. The Morgan fingerprint density at radius 3 is 2.68 bits per heavy atom. The second kappa shape index (κ2) is 7.80. The van der Waals surface area contributed by atoms with Gasteiger partial charge in [0.05, 0.1) is 6.04 Å². The average molecular weight is 306 g/mol. The molecule has 0 aromatic rings. The van der Waals surface area contributed by atoms with Crippen molar-refractivity contribution in [2.45, 2.75) is 58.4 Å². The molecule has 2 rings (SSSR count). The molecule has 3 atom stereocenters. The lowest BCUT2D eigenvalue weighted by atomic mass is 10.1. The Morgan fingerprint density at radius 1 is 1.32 bits per heavy atom. The van der Waals surface area contributed by atoms with Gasteiger partial charge in [0.15, 0.2) is 5.78 Å². The molecule has 2 amide bonds. The number of ketones is 1. The van der Waals surface area contributed by atoms with Gasteiger partial charge >= 0.3 is 6.03 Å². The normalized spacial score (nSPS) is 27.4. The number of rotatable bonds is 7. The van der Waals surface area contributed by atoms with E-state index < -0.39 is 0 Å². The van der Waals surface area contributed by atoms with E-state index in [-0.39, 0.29) is 17.9 Å². The fourth-order valence-corrected chi connectivity index (χ4v) is 3.23. The van der Waals surface area contributed by atoms with Crippen molar-refractivity contribution in [2.24, 2.45) is 11.8 Å². The number of carbonyl (C=O) groups is 2. The van der Waals surface area contributed by atoms with Crippen LogP contribution in [-0.4, -0.2) is 47.8 Å². The SMILES string of the molecule is CC(=O)C1CCCN1C(=O)N(C)CCCC/C=C\C1CC1C. The fraction of sp³-hybridized carbons (Fsp3) is 0.778. The highest BCUT2D eigenvalue weighted by molar-refractivity contribution is 5.87. The topological polar surface area (TPSA) is 40.6 Å². The van der Waals surface area contributed by atoms with Gasteiger partial charge in [-0.15, -0.1) is 0 Å². The summed E-state index contributed by atoms with van der Waals surface area (Å²) in [4.78, 5) is 27.5. The van der Waals surface area contributed by atoms with Gasteiger partial charge in [0.2, 0.25) is 0 Å². The van der Waals surface area contributed by atoms with Crippen LogP contribution in [0.4, 0.5) is 4.79 Å². The van der Waals surface area contributed by atoms with Crippen LogP contribution < -0.4 is 0 Å². The van der Waals surface area contributed by atoms with E-state index in [0.29, 0.717) is 0 Å². The molecule has 1 saturated carbocycles.